The second-order valence-electron chi connectivity index (χ2n) is 9.79. The Morgan fingerprint density at radius 2 is 1.32 bits per heavy atom. The lowest BCUT2D eigenvalue weighted by molar-refractivity contribution is -0.290. The van der Waals surface area contributed by atoms with E-state index in [1.807, 2.05) is 32.0 Å². The molecule has 12 heteroatoms. The van der Waals surface area contributed by atoms with Gasteiger partial charge in [-0.1, -0.05) is 44.2 Å². The molecule has 0 radical (unpaired) electrons. The smallest absolute Gasteiger partial charge is 0.407 e. The Kier molecular flexibility index (Phi) is 11.3. The van der Waals surface area contributed by atoms with E-state index in [1.165, 1.54) is 20.8 Å². The van der Waals surface area contributed by atoms with E-state index < -0.39 is 79.1 Å². The summed E-state index contributed by atoms with van der Waals surface area (Å²) in [5, 5.41) is 2.69. The molecule has 1 aromatic carbocycles. The van der Waals surface area contributed by atoms with Crippen LogP contribution in [0, 0.1) is 0 Å². The molecule has 2 heterocycles. The van der Waals surface area contributed by atoms with Crippen LogP contribution in [0.5, 0.6) is 0 Å². The third kappa shape index (κ3) is 8.15. The number of benzene rings is 1. The number of esters is 3. The van der Waals surface area contributed by atoms with Crippen molar-refractivity contribution in [1.29, 1.82) is 0 Å². The SMILES string of the molecule is CC[C@@H]1O[C@H](O[C@@H]2[C@@H](CC)OC(C)[C@@H]2OC(C)=O)[C@H](NC(=O)OCc2ccccc2)[C@@H](OC(C)=O)[C@@H]1OC(C)=O. The molecule has 0 saturated carbocycles. The third-order valence-electron chi connectivity index (χ3n) is 6.69. The summed E-state index contributed by atoms with van der Waals surface area (Å²) in [6.45, 7) is 9.18. The van der Waals surface area contributed by atoms with Gasteiger partial charge in [0.25, 0.3) is 0 Å². The van der Waals surface area contributed by atoms with Crippen molar-refractivity contribution >= 4 is 24.0 Å². The van der Waals surface area contributed by atoms with E-state index in [9.17, 15) is 19.2 Å². The second-order valence-corrected chi connectivity index (χ2v) is 9.79. The molecule has 12 nitrogen and oxygen atoms in total. The number of rotatable bonds is 10. The molecule has 2 aliphatic rings. The minimum absolute atomic E-state index is 0.0185. The number of amides is 1. The van der Waals surface area contributed by atoms with Crippen LogP contribution in [0.4, 0.5) is 4.79 Å². The summed E-state index contributed by atoms with van der Waals surface area (Å²) in [6, 6.07) is 7.91. The number of nitrogens with one attached hydrogen (secondary N) is 1. The lowest BCUT2D eigenvalue weighted by atomic mass is 9.94. The number of alkyl carbamates (subject to hydrolysis) is 1. The molecule has 2 fully saturated rings. The van der Waals surface area contributed by atoms with Crippen molar-refractivity contribution in [3.05, 3.63) is 35.9 Å². The zero-order valence-electron chi connectivity index (χ0n) is 23.7. The summed E-state index contributed by atoms with van der Waals surface area (Å²) < 4.78 is 40.6. The molecule has 0 bridgehead atoms. The van der Waals surface area contributed by atoms with E-state index in [0.29, 0.717) is 12.8 Å². The van der Waals surface area contributed by atoms with E-state index in [2.05, 4.69) is 5.32 Å². The summed E-state index contributed by atoms with van der Waals surface area (Å²) in [7, 11) is 0. The van der Waals surface area contributed by atoms with E-state index in [0.717, 1.165) is 5.56 Å². The Hall–Kier alpha value is -3.22. The van der Waals surface area contributed by atoms with Crippen molar-refractivity contribution in [2.45, 2.75) is 116 Å². The maximum Gasteiger partial charge on any atom is 0.407 e. The van der Waals surface area contributed by atoms with Gasteiger partial charge >= 0.3 is 24.0 Å². The first-order valence-corrected chi connectivity index (χ1v) is 13.5. The summed E-state index contributed by atoms with van der Waals surface area (Å²) >= 11 is 0. The van der Waals surface area contributed by atoms with Gasteiger partial charge in [-0.05, 0) is 25.3 Å². The van der Waals surface area contributed by atoms with Gasteiger partial charge in [0.05, 0.1) is 12.2 Å². The number of hydrogen-bond donors (Lipinski definition) is 1. The highest BCUT2D eigenvalue weighted by Gasteiger charge is 2.54. The van der Waals surface area contributed by atoms with E-state index >= 15 is 0 Å². The monoisotopic (exact) mass is 565 g/mol. The summed E-state index contributed by atoms with van der Waals surface area (Å²) in [5.74, 6) is -1.79. The van der Waals surface area contributed by atoms with E-state index in [1.54, 1.807) is 19.1 Å². The number of ether oxygens (including phenoxy) is 7. The predicted molar refractivity (Wildman–Crippen MR) is 139 cm³/mol. The molecule has 1 amide bonds. The molecule has 1 unspecified atom stereocenters. The quantitative estimate of drug-likeness (QED) is 0.330. The molecule has 40 heavy (non-hydrogen) atoms. The number of carbonyl (C=O) groups excluding carboxylic acids is 4. The fourth-order valence-corrected chi connectivity index (χ4v) is 4.98. The van der Waals surface area contributed by atoms with Gasteiger partial charge in [-0.15, -0.1) is 0 Å². The highest BCUT2D eigenvalue weighted by atomic mass is 16.7. The Morgan fingerprint density at radius 1 is 0.775 bits per heavy atom. The van der Waals surface area contributed by atoms with E-state index in [4.69, 9.17) is 33.2 Å². The van der Waals surface area contributed by atoms with Crippen LogP contribution in [0.2, 0.25) is 0 Å². The molecule has 0 aliphatic carbocycles. The van der Waals surface area contributed by atoms with Crippen LogP contribution in [0.3, 0.4) is 0 Å². The summed E-state index contributed by atoms with van der Waals surface area (Å²) in [5.41, 5.74) is 0.762. The molecule has 1 aromatic rings. The van der Waals surface area contributed by atoms with Gasteiger partial charge in [0.1, 0.15) is 24.9 Å². The molecule has 0 aromatic heterocycles. The van der Waals surface area contributed by atoms with Crippen molar-refractivity contribution in [2.24, 2.45) is 0 Å². The van der Waals surface area contributed by atoms with Crippen molar-refractivity contribution in [1.82, 2.24) is 5.32 Å². The van der Waals surface area contributed by atoms with Crippen LogP contribution < -0.4 is 5.32 Å². The van der Waals surface area contributed by atoms with Gasteiger partial charge in [-0.2, -0.15) is 0 Å². The minimum atomic E-state index is -1.21. The molecule has 1 N–H and O–H groups in total. The molecule has 222 valence electrons. The normalized spacial score (nSPS) is 31.6. The topological polar surface area (TPSA) is 145 Å². The lowest BCUT2D eigenvalue weighted by Crippen LogP contribution is -2.66. The van der Waals surface area contributed by atoms with Crippen LogP contribution in [0.25, 0.3) is 0 Å². The Morgan fingerprint density at radius 3 is 1.90 bits per heavy atom. The van der Waals surface area contributed by atoms with Crippen molar-refractivity contribution in [2.75, 3.05) is 0 Å². The highest BCUT2D eigenvalue weighted by molar-refractivity contribution is 5.69. The van der Waals surface area contributed by atoms with E-state index in [-0.39, 0.29) is 6.61 Å². The average molecular weight is 566 g/mol. The third-order valence-corrected chi connectivity index (χ3v) is 6.69. The Bertz CT molecular complexity index is 1020. The highest BCUT2D eigenvalue weighted by Crippen LogP contribution is 2.34. The first-order chi connectivity index (χ1) is 19.0. The van der Waals surface area contributed by atoms with Gasteiger partial charge in [0, 0.05) is 20.8 Å². The fraction of sp³-hybridized carbons (Fsp3) is 0.643. The molecule has 9 atom stereocenters. The molecule has 2 saturated heterocycles. The first kappa shape index (κ1) is 31.3. The predicted octanol–water partition coefficient (Wildman–Crippen LogP) is 2.79. The first-order valence-electron chi connectivity index (χ1n) is 13.5. The Labute approximate surface area is 233 Å². The Balaban J connectivity index is 1.93. The van der Waals surface area contributed by atoms with Crippen LogP contribution in [0.15, 0.2) is 30.3 Å². The van der Waals surface area contributed by atoms with Gasteiger partial charge < -0.3 is 38.5 Å². The van der Waals surface area contributed by atoms with Gasteiger partial charge in [0.2, 0.25) is 0 Å². The van der Waals surface area contributed by atoms with Gasteiger partial charge in [0.15, 0.2) is 24.6 Å². The zero-order valence-corrected chi connectivity index (χ0v) is 23.7. The van der Waals surface area contributed by atoms with Crippen molar-refractivity contribution in [3.63, 3.8) is 0 Å². The largest absolute Gasteiger partial charge is 0.457 e. The second kappa shape index (κ2) is 14.4. The zero-order chi connectivity index (χ0) is 29.4. The maximum absolute atomic E-state index is 13.0. The number of carbonyl (C=O) groups is 4. The molecule has 2 aliphatic heterocycles. The summed E-state index contributed by atoms with van der Waals surface area (Å²) in [4.78, 5) is 49.0. The fourth-order valence-electron chi connectivity index (χ4n) is 4.98. The number of hydrogen-bond acceptors (Lipinski definition) is 11. The summed E-state index contributed by atoms with van der Waals surface area (Å²) in [6.07, 6.45) is -6.55. The maximum atomic E-state index is 13.0. The minimum Gasteiger partial charge on any atom is -0.457 e. The lowest BCUT2D eigenvalue weighted by Gasteiger charge is -2.46. The molecule has 0 spiro atoms. The van der Waals surface area contributed by atoms with Crippen LogP contribution in [0.1, 0.15) is 59.9 Å². The van der Waals surface area contributed by atoms with Crippen molar-refractivity contribution < 1.29 is 52.3 Å². The standard InChI is InChI=1S/C28H39NO11/c1-7-20-24(23(15(3)35-20)36-16(4)30)40-27-22(29-28(33)34-14-19-12-10-9-11-13-19)26(38-18(6)32)25(37-17(5)31)21(8-2)39-27/h9-13,15,20-27H,7-8,14H2,1-6H3,(H,29,33)/t15?,20-,21+,22-,23+,24-,25-,26-,27-/m1/s1. The average Bonchev–Trinajstić information content (AvgIpc) is 3.19. The van der Waals surface area contributed by atoms with Gasteiger partial charge in [-0.3, -0.25) is 14.4 Å². The van der Waals surface area contributed by atoms with Crippen LogP contribution >= 0.6 is 0 Å². The molecular formula is C28H39NO11. The molecule has 3 rings (SSSR count). The van der Waals surface area contributed by atoms with Crippen LogP contribution in [-0.4, -0.2) is 79.1 Å². The molecular weight excluding hydrogens is 526 g/mol. The van der Waals surface area contributed by atoms with Crippen LogP contribution in [-0.2, 0) is 54.1 Å². The van der Waals surface area contributed by atoms with Crippen molar-refractivity contribution in [3.8, 4) is 0 Å². The van der Waals surface area contributed by atoms with Gasteiger partial charge in [-0.25, -0.2) is 4.79 Å².